The van der Waals surface area contributed by atoms with Crippen molar-refractivity contribution in [1.82, 2.24) is 20.2 Å². The summed E-state index contributed by atoms with van der Waals surface area (Å²) < 4.78 is 1.98. The van der Waals surface area contributed by atoms with E-state index < -0.39 is 0 Å². The zero-order valence-electron chi connectivity index (χ0n) is 17.9. The van der Waals surface area contributed by atoms with E-state index in [1.165, 1.54) is 22.9 Å². The largest absolute Gasteiger partial charge is 0.272 e. The van der Waals surface area contributed by atoms with Gasteiger partial charge in [0.25, 0.3) is 5.91 Å². The van der Waals surface area contributed by atoms with Crippen molar-refractivity contribution in [1.29, 1.82) is 0 Å². The molecule has 0 unspecified atom stereocenters. The van der Waals surface area contributed by atoms with E-state index in [1.54, 1.807) is 6.21 Å². The van der Waals surface area contributed by atoms with Crippen LogP contribution in [0.15, 0.2) is 89.1 Å². The number of carbonyl (C=O) groups is 1. The van der Waals surface area contributed by atoms with Crippen LogP contribution in [0.5, 0.6) is 0 Å². The van der Waals surface area contributed by atoms with Gasteiger partial charge in [0.05, 0.1) is 12.0 Å². The van der Waals surface area contributed by atoms with Crippen molar-refractivity contribution in [3.63, 3.8) is 0 Å². The third-order valence-corrected chi connectivity index (χ3v) is 5.70. The van der Waals surface area contributed by atoms with E-state index in [4.69, 9.17) is 0 Å². The summed E-state index contributed by atoms with van der Waals surface area (Å²) >= 11 is 1.32. The van der Waals surface area contributed by atoms with E-state index in [-0.39, 0.29) is 11.7 Å². The summed E-state index contributed by atoms with van der Waals surface area (Å²) in [6.07, 6.45) is 1.62. The van der Waals surface area contributed by atoms with Gasteiger partial charge >= 0.3 is 0 Å². The third-order valence-electron chi connectivity index (χ3n) is 4.77. The van der Waals surface area contributed by atoms with E-state index in [1.807, 2.05) is 78.2 Å². The lowest BCUT2D eigenvalue weighted by molar-refractivity contribution is -0.118. The standard InChI is InChI=1S/C25H23N5OS/c1-18-8-12-21(13-9-18)24-28-29-25(30(24)22-14-10-19(2)11-15-22)32-17-23(31)27-26-16-20-6-4-3-5-7-20/h3-16H,17H2,1-2H3,(H,27,31). The van der Waals surface area contributed by atoms with Crippen LogP contribution in [0.3, 0.4) is 0 Å². The number of aromatic nitrogens is 3. The van der Waals surface area contributed by atoms with E-state index in [2.05, 4.69) is 39.8 Å². The molecule has 3 aromatic carbocycles. The maximum atomic E-state index is 12.3. The average molecular weight is 442 g/mol. The number of hydrogen-bond acceptors (Lipinski definition) is 5. The molecule has 7 heteroatoms. The summed E-state index contributed by atoms with van der Waals surface area (Å²) in [6.45, 7) is 4.10. The number of carbonyl (C=O) groups excluding carboxylic acids is 1. The van der Waals surface area contributed by atoms with Gasteiger partial charge in [0, 0.05) is 11.3 Å². The molecule has 1 heterocycles. The molecule has 0 fully saturated rings. The topological polar surface area (TPSA) is 72.2 Å². The molecule has 0 aliphatic rings. The van der Waals surface area contributed by atoms with Crippen LogP contribution in [0.4, 0.5) is 0 Å². The van der Waals surface area contributed by atoms with Crippen molar-refractivity contribution in [2.45, 2.75) is 19.0 Å². The van der Waals surface area contributed by atoms with Crippen molar-refractivity contribution < 1.29 is 4.79 Å². The predicted molar refractivity (Wildman–Crippen MR) is 129 cm³/mol. The Labute approximate surface area is 191 Å². The molecule has 160 valence electrons. The van der Waals surface area contributed by atoms with Crippen LogP contribution < -0.4 is 5.43 Å². The minimum absolute atomic E-state index is 0.171. The van der Waals surface area contributed by atoms with Crippen LogP contribution in [-0.4, -0.2) is 32.6 Å². The van der Waals surface area contributed by atoms with Gasteiger partial charge in [-0.2, -0.15) is 5.10 Å². The average Bonchev–Trinajstić information content (AvgIpc) is 3.23. The predicted octanol–water partition coefficient (Wildman–Crippen LogP) is 4.79. The molecule has 0 bridgehead atoms. The number of hydrazone groups is 1. The van der Waals surface area contributed by atoms with Gasteiger partial charge in [-0.15, -0.1) is 10.2 Å². The molecule has 1 aromatic heterocycles. The first kappa shape index (κ1) is 21.5. The maximum Gasteiger partial charge on any atom is 0.250 e. The fraction of sp³-hybridized carbons (Fsp3) is 0.120. The van der Waals surface area contributed by atoms with E-state index in [9.17, 15) is 4.79 Å². The highest BCUT2D eigenvalue weighted by Gasteiger charge is 2.17. The summed E-state index contributed by atoms with van der Waals surface area (Å²) in [5.41, 5.74) is 7.74. The number of thioether (sulfide) groups is 1. The fourth-order valence-corrected chi connectivity index (χ4v) is 3.80. The van der Waals surface area contributed by atoms with Crippen molar-refractivity contribution in [3.05, 3.63) is 95.6 Å². The highest BCUT2D eigenvalue weighted by atomic mass is 32.2. The summed E-state index contributed by atoms with van der Waals surface area (Å²) in [7, 11) is 0. The van der Waals surface area contributed by atoms with Crippen molar-refractivity contribution >= 4 is 23.9 Å². The molecule has 6 nitrogen and oxygen atoms in total. The first-order valence-electron chi connectivity index (χ1n) is 10.2. The van der Waals surface area contributed by atoms with Crippen LogP contribution in [0, 0.1) is 13.8 Å². The van der Waals surface area contributed by atoms with Gasteiger partial charge < -0.3 is 0 Å². The van der Waals surface area contributed by atoms with Gasteiger partial charge in [0.15, 0.2) is 11.0 Å². The normalized spacial score (nSPS) is 11.1. The molecule has 4 rings (SSSR count). The Morgan fingerprint density at radius 2 is 1.59 bits per heavy atom. The Bertz CT molecular complexity index is 1220. The minimum atomic E-state index is -0.211. The molecule has 0 saturated carbocycles. The third kappa shape index (κ3) is 5.31. The number of amides is 1. The monoisotopic (exact) mass is 441 g/mol. The minimum Gasteiger partial charge on any atom is -0.272 e. The van der Waals surface area contributed by atoms with Crippen LogP contribution in [0.2, 0.25) is 0 Å². The Balaban J connectivity index is 1.53. The highest BCUT2D eigenvalue weighted by Crippen LogP contribution is 2.28. The molecular formula is C25H23N5OS. The zero-order chi connectivity index (χ0) is 22.3. The van der Waals surface area contributed by atoms with E-state index in [0.717, 1.165) is 22.6 Å². The van der Waals surface area contributed by atoms with Crippen LogP contribution in [0.1, 0.15) is 16.7 Å². The number of hydrogen-bond donors (Lipinski definition) is 1. The smallest absolute Gasteiger partial charge is 0.250 e. The summed E-state index contributed by atoms with van der Waals surface area (Å²) in [6, 6.07) is 25.9. The molecule has 0 aliphatic carbocycles. The number of rotatable bonds is 7. The Morgan fingerprint density at radius 3 is 2.28 bits per heavy atom. The number of benzene rings is 3. The molecule has 1 amide bonds. The van der Waals surface area contributed by atoms with Crippen molar-refractivity contribution in [2.24, 2.45) is 5.10 Å². The molecule has 0 radical (unpaired) electrons. The van der Waals surface area contributed by atoms with E-state index in [0.29, 0.717) is 5.16 Å². The van der Waals surface area contributed by atoms with Gasteiger partial charge in [-0.1, -0.05) is 89.6 Å². The summed E-state index contributed by atoms with van der Waals surface area (Å²) in [5.74, 6) is 0.695. The second kappa shape index (κ2) is 10.1. The van der Waals surface area contributed by atoms with Gasteiger partial charge in [0.2, 0.25) is 0 Å². The molecule has 0 atom stereocenters. The SMILES string of the molecule is Cc1ccc(-c2nnc(SCC(=O)NN=Cc3ccccc3)n2-c2ccc(C)cc2)cc1. The molecule has 0 saturated heterocycles. The van der Waals surface area contributed by atoms with E-state index >= 15 is 0 Å². The first-order valence-corrected chi connectivity index (χ1v) is 11.2. The molecule has 0 spiro atoms. The van der Waals surface area contributed by atoms with Crippen molar-refractivity contribution in [2.75, 3.05) is 5.75 Å². The maximum absolute atomic E-state index is 12.3. The fourth-order valence-electron chi connectivity index (χ4n) is 3.06. The molecular weight excluding hydrogens is 418 g/mol. The number of aryl methyl sites for hydroxylation is 2. The lowest BCUT2D eigenvalue weighted by Gasteiger charge is -2.11. The molecule has 32 heavy (non-hydrogen) atoms. The van der Waals surface area contributed by atoms with Crippen LogP contribution >= 0.6 is 11.8 Å². The lowest BCUT2D eigenvalue weighted by Crippen LogP contribution is -2.20. The zero-order valence-corrected chi connectivity index (χ0v) is 18.7. The van der Waals surface area contributed by atoms with Gasteiger partial charge in [0.1, 0.15) is 0 Å². The molecule has 1 N–H and O–H groups in total. The number of nitrogens with one attached hydrogen (secondary N) is 1. The molecule has 4 aromatic rings. The Kier molecular flexibility index (Phi) is 6.77. The first-order chi connectivity index (χ1) is 15.6. The van der Waals surface area contributed by atoms with Gasteiger partial charge in [-0.25, -0.2) is 5.43 Å². The second-order valence-electron chi connectivity index (χ2n) is 7.34. The van der Waals surface area contributed by atoms with Gasteiger partial charge in [-0.05, 0) is 31.5 Å². The quantitative estimate of drug-likeness (QED) is 0.254. The lowest BCUT2D eigenvalue weighted by atomic mass is 10.1. The second-order valence-corrected chi connectivity index (χ2v) is 8.28. The summed E-state index contributed by atoms with van der Waals surface area (Å²) in [4.78, 5) is 12.3. The summed E-state index contributed by atoms with van der Waals surface area (Å²) in [5, 5.41) is 13.5. The molecule has 0 aliphatic heterocycles. The number of nitrogens with zero attached hydrogens (tertiary/aromatic N) is 4. The Hall–Kier alpha value is -3.71. The Morgan fingerprint density at radius 1 is 0.938 bits per heavy atom. The highest BCUT2D eigenvalue weighted by molar-refractivity contribution is 7.99. The van der Waals surface area contributed by atoms with Crippen LogP contribution in [-0.2, 0) is 4.79 Å². The van der Waals surface area contributed by atoms with Gasteiger partial charge in [-0.3, -0.25) is 9.36 Å². The van der Waals surface area contributed by atoms with Crippen LogP contribution in [0.25, 0.3) is 17.1 Å². The van der Waals surface area contributed by atoms with Crippen molar-refractivity contribution in [3.8, 4) is 17.1 Å².